The molecule has 0 saturated carbocycles. The molecule has 1 heterocycles. The van der Waals surface area contributed by atoms with Crippen LogP contribution in [0, 0.1) is 0 Å². The molecule has 3 atom stereocenters. The Balaban J connectivity index is 2.44. The Morgan fingerprint density at radius 3 is 2.69 bits per heavy atom. The van der Waals surface area contributed by atoms with E-state index in [2.05, 4.69) is 6.58 Å². The Morgan fingerprint density at radius 1 is 1.75 bits per heavy atom. The van der Waals surface area contributed by atoms with Crippen molar-refractivity contribution in [2.24, 2.45) is 0 Å². The van der Waals surface area contributed by atoms with Gasteiger partial charge in [-0.25, -0.2) is 4.39 Å². The highest BCUT2D eigenvalue weighted by Crippen LogP contribution is 2.40. The number of allylic oxidation sites excluding steroid dienone is 3. The van der Waals surface area contributed by atoms with Crippen molar-refractivity contribution in [3.05, 3.63) is 24.2 Å². The van der Waals surface area contributed by atoms with Crippen LogP contribution in [0.25, 0.3) is 0 Å². The van der Waals surface area contributed by atoms with Crippen molar-refractivity contribution in [2.45, 2.75) is 32.1 Å². The molecular formula is C10H17BFNO3. The Hall–Kier alpha value is -0.685. The predicted octanol–water partition coefficient (Wildman–Crippen LogP) is 1.30. The van der Waals surface area contributed by atoms with Crippen LogP contribution in [0.5, 0.6) is 0 Å². The van der Waals surface area contributed by atoms with E-state index in [0.717, 1.165) is 0 Å². The van der Waals surface area contributed by atoms with Gasteiger partial charge in [-0.3, -0.25) is 0 Å². The third-order valence-electron chi connectivity index (χ3n) is 2.82. The largest absolute Gasteiger partial charge is 0.487 e. The molecule has 2 unspecified atom stereocenters. The molecule has 0 spiro atoms. The molecule has 1 saturated heterocycles. The van der Waals surface area contributed by atoms with Gasteiger partial charge >= 0.3 is 7.12 Å². The highest BCUT2D eigenvalue weighted by molar-refractivity contribution is 6.52. The van der Waals surface area contributed by atoms with Crippen LogP contribution < -0.4 is 0 Å². The number of rotatable bonds is 6. The van der Waals surface area contributed by atoms with Gasteiger partial charge in [0.25, 0.3) is 0 Å². The minimum absolute atomic E-state index is 0.361. The van der Waals surface area contributed by atoms with Crippen LogP contribution >= 0.6 is 0 Å². The first-order valence-corrected chi connectivity index (χ1v) is 5.25. The maximum atomic E-state index is 13.6. The van der Waals surface area contributed by atoms with Gasteiger partial charge in [0, 0.05) is 0 Å². The summed E-state index contributed by atoms with van der Waals surface area (Å²) in [5.41, 5.74) is 0.622. The van der Waals surface area contributed by atoms with E-state index >= 15 is 0 Å². The van der Waals surface area contributed by atoms with Gasteiger partial charge in [0.15, 0.2) is 0 Å². The summed E-state index contributed by atoms with van der Waals surface area (Å²) in [4.78, 5) is 0. The first-order chi connectivity index (χ1) is 7.47. The van der Waals surface area contributed by atoms with Crippen molar-refractivity contribution in [3.8, 4) is 0 Å². The molecule has 0 radical (unpaired) electrons. The quantitative estimate of drug-likeness (QED) is 0.312. The first-order valence-electron chi connectivity index (χ1n) is 5.25. The minimum atomic E-state index is -1.87. The lowest BCUT2D eigenvalue weighted by Crippen LogP contribution is -2.29. The zero-order valence-corrected chi connectivity index (χ0v) is 9.56. The van der Waals surface area contributed by atoms with Crippen LogP contribution in [0.2, 0.25) is 0 Å². The minimum Gasteiger partial charge on any atom is -0.423 e. The molecule has 90 valence electrons. The summed E-state index contributed by atoms with van der Waals surface area (Å²) in [5, 5.41) is 19.2. The predicted molar refractivity (Wildman–Crippen MR) is 59.4 cm³/mol. The smallest absolute Gasteiger partial charge is 0.423 e. The van der Waals surface area contributed by atoms with Crippen LogP contribution in [0.3, 0.4) is 0 Å². The van der Waals surface area contributed by atoms with Crippen molar-refractivity contribution >= 4 is 7.12 Å². The van der Waals surface area contributed by atoms with Gasteiger partial charge in [-0.05, 0) is 18.8 Å². The standard InChI is InChI=1S/C10H17BFNO3/c1-4-6-9(5-2)11(14)16-7-10(12)8(3)13(10)15/h4,6,8,14-15H,1,5,7H2,2-3H3/b9-6+/t8-,10?,13?/m0/s1. The van der Waals surface area contributed by atoms with Gasteiger partial charge in [-0.15, -0.1) is 5.06 Å². The average molecular weight is 229 g/mol. The molecule has 1 aliphatic rings. The maximum Gasteiger partial charge on any atom is 0.487 e. The van der Waals surface area contributed by atoms with Crippen LogP contribution in [0.1, 0.15) is 20.3 Å². The lowest BCUT2D eigenvalue weighted by Gasteiger charge is -2.12. The Morgan fingerprint density at radius 2 is 2.31 bits per heavy atom. The van der Waals surface area contributed by atoms with Gasteiger partial charge in [-0.1, -0.05) is 25.7 Å². The van der Waals surface area contributed by atoms with Gasteiger partial charge in [-0.2, -0.15) is 0 Å². The van der Waals surface area contributed by atoms with E-state index in [0.29, 0.717) is 17.0 Å². The molecule has 1 aliphatic heterocycles. The topological polar surface area (TPSA) is 52.7 Å². The number of halogens is 1. The van der Waals surface area contributed by atoms with Gasteiger partial charge in [0.1, 0.15) is 0 Å². The number of hydrogen-bond donors (Lipinski definition) is 2. The molecule has 0 amide bonds. The number of hydrogen-bond acceptors (Lipinski definition) is 4. The summed E-state index contributed by atoms with van der Waals surface area (Å²) >= 11 is 0. The second-order valence-electron chi connectivity index (χ2n) is 3.83. The second-order valence-corrected chi connectivity index (χ2v) is 3.83. The van der Waals surface area contributed by atoms with Crippen LogP contribution in [-0.2, 0) is 4.65 Å². The van der Waals surface area contributed by atoms with Gasteiger partial charge in [0.05, 0.1) is 12.6 Å². The molecule has 16 heavy (non-hydrogen) atoms. The van der Waals surface area contributed by atoms with E-state index < -0.39 is 19.0 Å². The zero-order valence-electron chi connectivity index (χ0n) is 9.56. The first kappa shape index (κ1) is 13.4. The molecule has 0 aromatic rings. The third-order valence-corrected chi connectivity index (χ3v) is 2.82. The van der Waals surface area contributed by atoms with Crippen LogP contribution in [0.15, 0.2) is 24.2 Å². The Bertz CT molecular complexity index is 290. The summed E-state index contributed by atoms with van der Waals surface area (Å²) in [6.07, 6.45) is 3.75. The second kappa shape index (κ2) is 5.10. The van der Waals surface area contributed by atoms with E-state index in [1.165, 1.54) is 13.0 Å². The number of hydroxylamine groups is 2. The fourth-order valence-electron chi connectivity index (χ4n) is 1.45. The number of alkyl halides is 1. The molecule has 4 nitrogen and oxygen atoms in total. The van der Waals surface area contributed by atoms with Crippen LogP contribution in [-0.4, -0.2) is 40.9 Å². The van der Waals surface area contributed by atoms with Crippen LogP contribution in [0.4, 0.5) is 4.39 Å². The summed E-state index contributed by atoms with van der Waals surface area (Å²) < 4.78 is 18.6. The molecule has 0 aliphatic carbocycles. The van der Waals surface area contributed by atoms with Crippen molar-refractivity contribution in [3.63, 3.8) is 0 Å². The normalized spacial score (nSPS) is 33.7. The molecule has 0 aromatic carbocycles. The molecule has 1 rings (SSSR count). The molecule has 0 bridgehead atoms. The van der Waals surface area contributed by atoms with Crippen molar-refractivity contribution in [2.75, 3.05) is 6.61 Å². The molecule has 6 heteroatoms. The average Bonchev–Trinajstić information content (AvgIpc) is 2.75. The summed E-state index contributed by atoms with van der Waals surface area (Å²) in [7, 11) is -1.16. The fraction of sp³-hybridized carbons (Fsp3) is 0.600. The summed E-state index contributed by atoms with van der Waals surface area (Å²) in [6.45, 7) is 6.54. The Labute approximate surface area is 95.1 Å². The van der Waals surface area contributed by atoms with Crippen molar-refractivity contribution < 1.29 is 19.3 Å². The Kier molecular flexibility index (Phi) is 4.26. The summed E-state index contributed by atoms with van der Waals surface area (Å²) in [6, 6.07) is -0.590. The molecular weight excluding hydrogens is 212 g/mol. The SMILES string of the molecule is C=C/C=C(\CC)B(O)OCC1(F)[C@H](C)N1O. The van der Waals surface area contributed by atoms with E-state index in [-0.39, 0.29) is 6.61 Å². The van der Waals surface area contributed by atoms with Crippen molar-refractivity contribution in [1.29, 1.82) is 0 Å². The third kappa shape index (κ3) is 2.52. The van der Waals surface area contributed by atoms with Gasteiger partial charge < -0.3 is 14.9 Å². The lowest BCUT2D eigenvalue weighted by atomic mass is 9.76. The number of nitrogens with zero attached hydrogens (tertiary/aromatic N) is 1. The molecule has 2 N–H and O–H groups in total. The molecule has 0 aromatic heterocycles. The van der Waals surface area contributed by atoms with E-state index in [9.17, 15) is 9.41 Å². The lowest BCUT2D eigenvalue weighted by molar-refractivity contribution is -0.0632. The highest BCUT2D eigenvalue weighted by Gasteiger charge is 2.62. The molecule has 1 fully saturated rings. The zero-order chi connectivity index (χ0) is 12.3. The van der Waals surface area contributed by atoms with E-state index in [1.54, 1.807) is 6.08 Å². The monoisotopic (exact) mass is 229 g/mol. The maximum absolute atomic E-state index is 13.6. The van der Waals surface area contributed by atoms with E-state index in [4.69, 9.17) is 9.86 Å². The van der Waals surface area contributed by atoms with Crippen molar-refractivity contribution in [1.82, 2.24) is 5.06 Å². The van der Waals surface area contributed by atoms with E-state index in [1.807, 2.05) is 6.92 Å². The highest BCUT2D eigenvalue weighted by atomic mass is 19.2. The fourth-order valence-corrected chi connectivity index (χ4v) is 1.45. The summed E-state index contributed by atoms with van der Waals surface area (Å²) in [5.74, 6) is -1.87. The van der Waals surface area contributed by atoms with Gasteiger partial charge in [0.2, 0.25) is 5.79 Å².